The van der Waals surface area contributed by atoms with Crippen LogP contribution in [0.15, 0.2) is 0 Å². The van der Waals surface area contributed by atoms with Crippen LogP contribution < -0.4 is 5.43 Å². The summed E-state index contributed by atoms with van der Waals surface area (Å²) in [5.41, 5.74) is 1.74. The molecule has 0 aliphatic rings. The number of halogens is 3. The van der Waals surface area contributed by atoms with Crippen LogP contribution in [0.1, 0.15) is 6.92 Å². The Morgan fingerprint density at radius 2 is 1.93 bits per heavy atom. The van der Waals surface area contributed by atoms with E-state index in [2.05, 4.69) is 0 Å². The van der Waals surface area contributed by atoms with Crippen molar-refractivity contribution in [2.75, 3.05) is 20.6 Å². The Morgan fingerprint density at radius 1 is 1.50 bits per heavy atom. The number of carbonyl (C=O) groups is 1. The number of nitrogens with zero attached hydrogens (tertiary/aromatic N) is 1. The van der Waals surface area contributed by atoms with E-state index in [1.807, 2.05) is 0 Å². The SMILES string of the molecule is CC(O)C[N+](C)(C)NC(=O)C(F)(F)F. The van der Waals surface area contributed by atoms with E-state index in [0.29, 0.717) is 0 Å². The van der Waals surface area contributed by atoms with Gasteiger partial charge >= 0.3 is 12.1 Å². The fourth-order valence-corrected chi connectivity index (χ4v) is 1.04. The van der Waals surface area contributed by atoms with Crippen LogP contribution in [0.4, 0.5) is 13.2 Å². The summed E-state index contributed by atoms with van der Waals surface area (Å²) < 4.78 is 35.1. The van der Waals surface area contributed by atoms with Gasteiger partial charge in [-0.25, -0.2) is 4.59 Å². The van der Waals surface area contributed by atoms with E-state index in [4.69, 9.17) is 5.11 Å². The lowest BCUT2D eigenvalue weighted by atomic mass is 10.4. The molecule has 4 nitrogen and oxygen atoms in total. The quantitative estimate of drug-likeness (QED) is 0.515. The van der Waals surface area contributed by atoms with Crippen LogP contribution in [0.25, 0.3) is 0 Å². The van der Waals surface area contributed by atoms with Gasteiger partial charge in [-0.05, 0) is 6.92 Å². The Morgan fingerprint density at radius 3 is 2.21 bits per heavy atom. The topological polar surface area (TPSA) is 49.3 Å². The molecular weight excluding hydrogens is 201 g/mol. The summed E-state index contributed by atoms with van der Waals surface area (Å²) in [4.78, 5) is 10.5. The fourth-order valence-electron chi connectivity index (χ4n) is 1.04. The van der Waals surface area contributed by atoms with Gasteiger partial charge in [-0.2, -0.15) is 18.6 Å². The van der Waals surface area contributed by atoms with E-state index in [0.717, 1.165) is 0 Å². The first kappa shape index (κ1) is 13.2. The van der Waals surface area contributed by atoms with E-state index in [9.17, 15) is 18.0 Å². The van der Waals surface area contributed by atoms with Crippen LogP contribution in [0.2, 0.25) is 0 Å². The van der Waals surface area contributed by atoms with E-state index in [1.165, 1.54) is 21.0 Å². The lowest BCUT2D eigenvalue weighted by Crippen LogP contribution is -2.59. The number of aliphatic hydroxyl groups excluding tert-OH is 1. The maximum absolute atomic E-state index is 11.8. The molecule has 0 spiro atoms. The van der Waals surface area contributed by atoms with E-state index in [1.54, 1.807) is 5.43 Å². The Bertz CT molecular complexity index is 213. The zero-order valence-corrected chi connectivity index (χ0v) is 8.22. The van der Waals surface area contributed by atoms with Crippen molar-refractivity contribution in [1.29, 1.82) is 0 Å². The molecular formula is C7H14F3N2O2+. The van der Waals surface area contributed by atoms with Gasteiger partial charge in [0.25, 0.3) is 0 Å². The summed E-state index contributed by atoms with van der Waals surface area (Å²) >= 11 is 0. The number of carbonyl (C=O) groups excluding carboxylic acids is 1. The standard InChI is InChI=1S/C7H13F3N2O2/c1-5(13)4-12(2,3)11-6(14)7(8,9)10/h5,13H,4H2,1-3H3/p+1. The van der Waals surface area contributed by atoms with Crippen LogP contribution in [-0.2, 0) is 4.79 Å². The number of quaternary nitrogens is 1. The second-order valence-corrected chi connectivity index (χ2v) is 3.66. The largest absolute Gasteiger partial charge is 0.476 e. The first-order valence-electron chi connectivity index (χ1n) is 3.95. The Balaban J connectivity index is 4.30. The summed E-state index contributed by atoms with van der Waals surface area (Å²) in [5, 5.41) is 8.96. The highest BCUT2D eigenvalue weighted by molar-refractivity contribution is 5.80. The molecule has 0 heterocycles. The summed E-state index contributed by atoms with van der Waals surface area (Å²) in [6, 6.07) is 0. The third-order valence-electron chi connectivity index (χ3n) is 1.38. The maximum Gasteiger partial charge on any atom is 0.476 e. The van der Waals surface area contributed by atoms with Gasteiger partial charge in [0.15, 0.2) is 0 Å². The summed E-state index contributed by atoms with van der Waals surface area (Å²) in [6.45, 7) is 1.43. The van der Waals surface area contributed by atoms with Crippen molar-refractivity contribution < 1.29 is 27.7 Å². The van der Waals surface area contributed by atoms with Gasteiger partial charge in [-0.1, -0.05) is 0 Å². The van der Waals surface area contributed by atoms with Gasteiger partial charge in [0.1, 0.15) is 12.6 Å². The lowest BCUT2D eigenvalue weighted by molar-refractivity contribution is -0.928. The summed E-state index contributed by atoms with van der Waals surface area (Å²) in [5.74, 6) is -2.01. The van der Waals surface area contributed by atoms with Crippen LogP contribution >= 0.6 is 0 Å². The highest BCUT2D eigenvalue weighted by Crippen LogP contribution is 2.15. The van der Waals surface area contributed by atoms with Gasteiger partial charge in [0, 0.05) is 0 Å². The predicted molar refractivity (Wildman–Crippen MR) is 42.9 cm³/mol. The van der Waals surface area contributed by atoms with Gasteiger partial charge in [0.2, 0.25) is 0 Å². The molecule has 0 fully saturated rings. The van der Waals surface area contributed by atoms with Gasteiger partial charge in [0.05, 0.1) is 14.1 Å². The normalized spacial score (nSPS) is 15.1. The molecule has 1 atom stereocenters. The Hall–Kier alpha value is -0.820. The minimum atomic E-state index is -4.89. The molecule has 7 heteroatoms. The van der Waals surface area contributed by atoms with E-state index in [-0.39, 0.29) is 6.54 Å². The predicted octanol–water partition coefficient (Wildman–Crippen LogP) is 0.0371. The minimum absolute atomic E-state index is 0.00181. The number of alkyl halides is 3. The monoisotopic (exact) mass is 215 g/mol. The highest BCUT2D eigenvalue weighted by atomic mass is 19.4. The fraction of sp³-hybridized carbons (Fsp3) is 0.857. The van der Waals surface area contributed by atoms with Crippen LogP contribution in [0.5, 0.6) is 0 Å². The number of hydrogen-bond donors (Lipinski definition) is 2. The lowest BCUT2D eigenvalue weighted by Gasteiger charge is -2.30. The van der Waals surface area contributed by atoms with Crippen LogP contribution in [0.3, 0.4) is 0 Å². The van der Waals surface area contributed by atoms with E-state index < -0.39 is 22.8 Å². The minimum Gasteiger partial charge on any atom is -0.387 e. The number of amides is 1. The average Bonchev–Trinajstić information content (AvgIpc) is 1.79. The second-order valence-electron chi connectivity index (χ2n) is 3.66. The molecule has 84 valence electrons. The molecule has 1 unspecified atom stereocenters. The van der Waals surface area contributed by atoms with Crippen molar-refractivity contribution in [3.05, 3.63) is 0 Å². The van der Waals surface area contributed by atoms with Crippen molar-refractivity contribution in [3.63, 3.8) is 0 Å². The van der Waals surface area contributed by atoms with Crippen molar-refractivity contribution in [2.24, 2.45) is 0 Å². The van der Waals surface area contributed by atoms with E-state index >= 15 is 0 Å². The number of hydrogen-bond acceptors (Lipinski definition) is 2. The number of aliphatic hydroxyl groups is 1. The third kappa shape index (κ3) is 5.03. The Labute approximate surface area is 79.9 Å². The average molecular weight is 215 g/mol. The molecule has 0 aromatic carbocycles. The van der Waals surface area contributed by atoms with Crippen molar-refractivity contribution in [3.8, 4) is 0 Å². The molecule has 0 aromatic heterocycles. The van der Waals surface area contributed by atoms with Crippen molar-refractivity contribution in [2.45, 2.75) is 19.2 Å². The number of rotatable bonds is 3. The van der Waals surface area contributed by atoms with Gasteiger partial charge < -0.3 is 5.11 Å². The molecule has 0 rings (SSSR count). The van der Waals surface area contributed by atoms with Crippen LogP contribution in [-0.4, -0.2) is 48.5 Å². The first-order valence-corrected chi connectivity index (χ1v) is 3.95. The zero-order valence-electron chi connectivity index (χ0n) is 8.22. The smallest absolute Gasteiger partial charge is 0.387 e. The maximum atomic E-state index is 11.8. The summed E-state index contributed by atoms with van der Waals surface area (Å²) in [6.07, 6.45) is -5.69. The van der Waals surface area contributed by atoms with Gasteiger partial charge in [-0.3, -0.25) is 4.79 Å². The first-order chi connectivity index (χ1) is 6.04. The third-order valence-corrected chi connectivity index (χ3v) is 1.38. The molecule has 1 amide bonds. The molecule has 2 N–H and O–H groups in total. The molecule has 14 heavy (non-hydrogen) atoms. The molecule has 0 saturated carbocycles. The molecule has 0 radical (unpaired) electrons. The van der Waals surface area contributed by atoms with Crippen LogP contribution in [0, 0.1) is 0 Å². The van der Waals surface area contributed by atoms with Crippen molar-refractivity contribution >= 4 is 5.91 Å². The number of nitrogens with one attached hydrogen (secondary N) is 1. The second kappa shape index (κ2) is 4.14. The molecule has 0 saturated heterocycles. The molecule has 0 aliphatic carbocycles. The van der Waals surface area contributed by atoms with Crippen molar-refractivity contribution in [1.82, 2.24) is 5.43 Å². The van der Waals surface area contributed by atoms with Gasteiger partial charge in [-0.15, -0.1) is 0 Å². The Kier molecular flexibility index (Phi) is 3.90. The summed E-state index contributed by atoms with van der Waals surface area (Å²) in [7, 11) is 2.72. The molecule has 0 bridgehead atoms. The molecule has 0 aromatic rings. The number of likely N-dealkylation sites (N-methyl/N-ethyl adjacent to an activating group) is 1. The zero-order chi connectivity index (χ0) is 11.6. The highest BCUT2D eigenvalue weighted by Gasteiger charge is 2.42. The molecule has 0 aliphatic heterocycles.